The van der Waals surface area contributed by atoms with Crippen LogP contribution in [0.25, 0.3) is 11.3 Å². The highest BCUT2D eigenvalue weighted by Crippen LogP contribution is 2.45. The molecular formula is C20H16F3N3O2S. The number of hydrogen-bond donors (Lipinski definition) is 1. The summed E-state index contributed by atoms with van der Waals surface area (Å²) in [6, 6.07) is 15.5. The summed E-state index contributed by atoms with van der Waals surface area (Å²) in [5, 5.41) is 16.8. The molecule has 0 radical (unpaired) electrons. The van der Waals surface area contributed by atoms with Crippen LogP contribution in [0, 0.1) is 0 Å². The van der Waals surface area contributed by atoms with Crippen molar-refractivity contribution in [3.63, 3.8) is 0 Å². The average molecular weight is 419 g/mol. The number of aliphatic hydroxyl groups is 1. The van der Waals surface area contributed by atoms with E-state index in [4.69, 9.17) is 4.74 Å². The SMILES string of the molecule is COc1ccc(-c2csc(N3N=C(c4ccccc4)C[C@@]3(O)C(F)(F)F)n2)cc1. The average Bonchev–Trinajstić information content (AvgIpc) is 3.34. The first-order valence-corrected chi connectivity index (χ1v) is 9.52. The number of hydrogen-bond acceptors (Lipinski definition) is 6. The summed E-state index contributed by atoms with van der Waals surface area (Å²) in [6.45, 7) is 0. The van der Waals surface area contributed by atoms with Crippen molar-refractivity contribution < 1.29 is 23.0 Å². The Morgan fingerprint density at radius 1 is 1.07 bits per heavy atom. The first-order chi connectivity index (χ1) is 13.8. The van der Waals surface area contributed by atoms with Crippen LogP contribution in [-0.2, 0) is 0 Å². The lowest BCUT2D eigenvalue weighted by atomic mass is 10.0. The molecule has 1 atom stereocenters. The summed E-state index contributed by atoms with van der Waals surface area (Å²) in [5.74, 6) is 0.660. The highest BCUT2D eigenvalue weighted by molar-refractivity contribution is 7.14. The number of alkyl halides is 3. The van der Waals surface area contributed by atoms with Crippen LogP contribution in [0.1, 0.15) is 12.0 Å². The Hall–Kier alpha value is -2.91. The molecule has 1 aromatic heterocycles. The molecule has 0 unspecified atom stereocenters. The lowest BCUT2D eigenvalue weighted by Crippen LogP contribution is -2.55. The van der Waals surface area contributed by atoms with Gasteiger partial charge >= 0.3 is 6.18 Å². The highest BCUT2D eigenvalue weighted by Gasteiger charge is 2.62. The van der Waals surface area contributed by atoms with Crippen molar-refractivity contribution in [3.05, 3.63) is 65.5 Å². The molecule has 2 heterocycles. The summed E-state index contributed by atoms with van der Waals surface area (Å²) in [4.78, 5) is 4.29. The number of anilines is 1. The highest BCUT2D eigenvalue weighted by atomic mass is 32.1. The zero-order valence-electron chi connectivity index (χ0n) is 15.2. The zero-order valence-corrected chi connectivity index (χ0v) is 16.0. The van der Waals surface area contributed by atoms with E-state index in [0.29, 0.717) is 22.0 Å². The molecule has 0 fully saturated rings. The lowest BCUT2D eigenvalue weighted by molar-refractivity contribution is -0.254. The van der Waals surface area contributed by atoms with Crippen molar-refractivity contribution in [2.45, 2.75) is 18.3 Å². The quantitative estimate of drug-likeness (QED) is 0.667. The lowest BCUT2D eigenvalue weighted by Gasteiger charge is -2.32. The summed E-state index contributed by atoms with van der Waals surface area (Å²) in [7, 11) is 1.55. The predicted molar refractivity (Wildman–Crippen MR) is 105 cm³/mol. The Morgan fingerprint density at radius 3 is 2.38 bits per heavy atom. The summed E-state index contributed by atoms with van der Waals surface area (Å²) >= 11 is 0.984. The molecule has 0 spiro atoms. The van der Waals surface area contributed by atoms with Crippen molar-refractivity contribution in [1.29, 1.82) is 0 Å². The van der Waals surface area contributed by atoms with E-state index in [1.807, 2.05) is 0 Å². The van der Waals surface area contributed by atoms with Gasteiger partial charge in [-0.1, -0.05) is 30.3 Å². The minimum atomic E-state index is -4.92. The molecule has 0 amide bonds. The zero-order chi connectivity index (χ0) is 20.6. The van der Waals surface area contributed by atoms with E-state index in [-0.39, 0.29) is 10.8 Å². The Kier molecular flexibility index (Phi) is 4.79. The van der Waals surface area contributed by atoms with Crippen LogP contribution in [0.3, 0.4) is 0 Å². The molecule has 1 N–H and O–H groups in total. The van der Waals surface area contributed by atoms with Gasteiger partial charge in [0.15, 0.2) is 0 Å². The number of halogens is 3. The van der Waals surface area contributed by atoms with Gasteiger partial charge in [0.1, 0.15) is 5.75 Å². The predicted octanol–water partition coefficient (Wildman–Crippen LogP) is 4.68. The van der Waals surface area contributed by atoms with Gasteiger partial charge in [0.05, 0.1) is 24.9 Å². The van der Waals surface area contributed by atoms with Crippen LogP contribution in [0.15, 0.2) is 65.1 Å². The molecule has 0 saturated carbocycles. The van der Waals surface area contributed by atoms with Crippen LogP contribution in [0.4, 0.5) is 18.3 Å². The second kappa shape index (κ2) is 7.16. The van der Waals surface area contributed by atoms with E-state index >= 15 is 0 Å². The summed E-state index contributed by atoms with van der Waals surface area (Å²) in [6.07, 6.45) is -5.60. The number of aromatic nitrogens is 1. The van der Waals surface area contributed by atoms with Gasteiger partial charge < -0.3 is 9.84 Å². The monoisotopic (exact) mass is 419 g/mol. The van der Waals surface area contributed by atoms with E-state index in [0.717, 1.165) is 16.9 Å². The first-order valence-electron chi connectivity index (χ1n) is 8.64. The standard InChI is InChI=1S/C20H16F3N3O2S/c1-28-15-9-7-14(8-10-15)17-12-29-18(24-17)26-19(27,20(21,22)23)11-16(25-26)13-5-3-2-4-6-13/h2-10,12,27H,11H2,1H3/t19-/m1/s1. The van der Waals surface area contributed by atoms with Gasteiger partial charge in [-0.05, 0) is 29.8 Å². The molecule has 29 heavy (non-hydrogen) atoms. The van der Waals surface area contributed by atoms with Crippen molar-refractivity contribution in [1.82, 2.24) is 4.98 Å². The molecular weight excluding hydrogens is 403 g/mol. The third kappa shape index (κ3) is 3.47. The Morgan fingerprint density at radius 2 is 1.76 bits per heavy atom. The van der Waals surface area contributed by atoms with E-state index in [2.05, 4.69) is 10.1 Å². The van der Waals surface area contributed by atoms with Crippen LogP contribution in [-0.4, -0.2) is 34.8 Å². The third-order valence-corrected chi connectivity index (χ3v) is 5.42. The molecule has 2 aromatic carbocycles. The van der Waals surface area contributed by atoms with Gasteiger partial charge in [-0.15, -0.1) is 11.3 Å². The van der Waals surface area contributed by atoms with Crippen LogP contribution < -0.4 is 9.75 Å². The van der Waals surface area contributed by atoms with Crippen LogP contribution >= 0.6 is 11.3 Å². The fourth-order valence-corrected chi connectivity index (χ4v) is 3.86. The van der Waals surface area contributed by atoms with Crippen molar-refractivity contribution >= 4 is 22.2 Å². The van der Waals surface area contributed by atoms with E-state index in [1.54, 1.807) is 67.1 Å². The second-order valence-corrected chi connectivity index (χ2v) is 7.30. The molecule has 150 valence electrons. The number of hydrazone groups is 1. The number of thiazole rings is 1. The van der Waals surface area contributed by atoms with Gasteiger partial charge in [-0.2, -0.15) is 23.3 Å². The molecule has 1 aliphatic heterocycles. The minimum Gasteiger partial charge on any atom is -0.497 e. The number of rotatable bonds is 4. The summed E-state index contributed by atoms with van der Waals surface area (Å²) < 4.78 is 46.5. The first kappa shape index (κ1) is 19.4. The van der Waals surface area contributed by atoms with Gasteiger partial charge in [0, 0.05) is 10.9 Å². The molecule has 4 rings (SSSR count). The maximum atomic E-state index is 13.8. The topological polar surface area (TPSA) is 58.0 Å². The Balaban J connectivity index is 1.72. The number of methoxy groups -OCH3 is 1. The van der Waals surface area contributed by atoms with Crippen molar-refractivity contribution in [2.75, 3.05) is 12.1 Å². The van der Waals surface area contributed by atoms with E-state index in [9.17, 15) is 18.3 Å². The molecule has 1 aliphatic rings. The number of nitrogens with zero attached hydrogens (tertiary/aromatic N) is 3. The van der Waals surface area contributed by atoms with Crippen LogP contribution in [0.2, 0.25) is 0 Å². The van der Waals surface area contributed by atoms with Crippen molar-refractivity contribution in [2.24, 2.45) is 5.10 Å². The molecule has 9 heteroatoms. The maximum Gasteiger partial charge on any atom is 0.438 e. The van der Waals surface area contributed by atoms with Gasteiger partial charge in [0.25, 0.3) is 5.72 Å². The number of benzene rings is 2. The van der Waals surface area contributed by atoms with E-state index in [1.165, 1.54) is 0 Å². The molecule has 3 aromatic rings. The normalized spacial score (nSPS) is 19.3. The fraction of sp³-hybridized carbons (Fsp3) is 0.200. The smallest absolute Gasteiger partial charge is 0.438 e. The van der Waals surface area contributed by atoms with E-state index < -0.39 is 18.3 Å². The Labute approximate surface area is 168 Å². The Bertz CT molecular complexity index is 1040. The largest absolute Gasteiger partial charge is 0.497 e. The molecule has 0 aliphatic carbocycles. The molecule has 5 nitrogen and oxygen atoms in total. The third-order valence-electron chi connectivity index (χ3n) is 4.61. The minimum absolute atomic E-state index is 0.0402. The van der Waals surface area contributed by atoms with Crippen LogP contribution in [0.5, 0.6) is 5.75 Å². The van der Waals surface area contributed by atoms with Crippen molar-refractivity contribution in [3.8, 4) is 17.0 Å². The van der Waals surface area contributed by atoms with Gasteiger partial charge in [0.2, 0.25) is 5.13 Å². The molecule has 0 saturated heterocycles. The molecule has 0 bridgehead atoms. The van der Waals surface area contributed by atoms with Gasteiger partial charge in [-0.3, -0.25) is 0 Å². The summed E-state index contributed by atoms with van der Waals surface area (Å²) in [5.41, 5.74) is -1.29. The van der Waals surface area contributed by atoms with Gasteiger partial charge in [-0.25, -0.2) is 4.98 Å². The second-order valence-electron chi connectivity index (χ2n) is 6.46. The fourth-order valence-electron chi connectivity index (χ4n) is 3.01. The number of ether oxygens (including phenoxy) is 1. The maximum absolute atomic E-state index is 13.8.